The number of rotatable bonds is 8. The number of ether oxygens (including phenoxy) is 1. The number of nitrogens with one attached hydrogen (secondary N) is 1. The molecule has 0 fully saturated rings. The summed E-state index contributed by atoms with van der Waals surface area (Å²) >= 11 is 5.53. The summed E-state index contributed by atoms with van der Waals surface area (Å²) < 4.78 is 5.32. The van der Waals surface area contributed by atoms with Gasteiger partial charge in [-0.2, -0.15) is 0 Å². The molecule has 0 bridgehead atoms. The van der Waals surface area contributed by atoms with Crippen LogP contribution in [0.5, 0.6) is 0 Å². The SMILES string of the molecule is CC(C)(C)c1ccc(CNCCCOCCCl)cc1. The van der Waals surface area contributed by atoms with Crippen LogP contribution in [0.15, 0.2) is 24.3 Å². The van der Waals surface area contributed by atoms with E-state index >= 15 is 0 Å². The van der Waals surface area contributed by atoms with Crippen LogP contribution in [0.3, 0.4) is 0 Å². The van der Waals surface area contributed by atoms with E-state index in [1.165, 1.54) is 11.1 Å². The molecule has 0 heterocycles. The van der Waals surface area contributed by atoms with E-state index in [1.54, 1.807) is 0 Å². The molecule has 1 rings (SSSR count). The van der Waals surface area contributed by atoms with Crippen LogP contribution in [-0.2, 0) is 16.7 Å². The van der Waals surface area contributed by atoms with E-state index in [4.69, 9.17) is 16.3 Å². The Morgan fingerprint density at radius 1 is 1.11 bits per heavy atom. The van der Waals surface area contributed by atoms with Crippen molar-refractivity contribution in [3.05, 3.63) is 35.4 Å². The molecule has 2 nitrogen and oxygen atoms in total. The van der Waals surface area contributed by atoms with Gasteiger partial charge in [-0.25, -0.2) is 0 Å². The fraction of sp³-hybridized carbons (Fsp3) is 0.625. The maximum Gasteiger partial charge on any atom is 0.0601 e. The van der Waals surface area contributed by atoms with Crippen LogP contribution in [0.2, 0.25) is 0 Å². The van der Waals surface area contributed by atoms with Gasteiger partial charge in [0.2, 0.25) is 0 Å². The van der Waals surface area contributed by atoms with Gasteiger partial charge in [0, 0.05) is 19.0 Å². The van der Waals surface area contributed by atoms with Gasteiger partial charge in [-0.05, 0) is 29.5 Å². The summed E-state index contributed by atoms with van der Waals surface area (Å²) in [5.41, 5.74) is 2.94. The largest absolute Gasteiger partial charge is 0.380 e. The highest BCUT2D eigenvalue weighted by molar-refractivity contribution is 6.17. The fourth-order valence-electron chi connectivity index (χ4n) is 1.81. The highest BCUT2D eigenvalue weighted by atomic mass is 35.5. The minimum absolute atomic E-state index is 0.228. The smallest absolute Gasteiger partial charge is 0.0601 e. The summed E-state index contributed by atoms with van der Waals surface area (Å²) in [6.45, 7) is 10.0. The summed E-state index contributed by atoms with van der Waals surface area (Å²) in [5.74, 6) is 0.577. The lowest BCUT2D eigenvalue weighted by Crippen LogP contribution is -2.17. The molecule has 0 atom stereocenters. The van der Waals surface area contributed by atoms with E-state index in [0.717, 1.165) is 26.1 Å². The Morgan fingerprint density at radius 2 is 1.79 bits per heavy atom. The molecule has 3 heteroatoms. The van der Waals surface area contributed by atoms with Crippen molar-refractivity contribution in [1.82, 2.24) is 5.32 Å². The minimum atomic E-state index is 0.228. The highest BCUT2D eigenvalue weighted by Crippen LogP contribution is 2.22. The van der Waals surface area contributed by atoms with Crippen LogP contribution in [0.25, 0.3) is 0 Å². The lowest BCUT2D eigenvalue weighted by atomic mass is 9.87. The molecular formula is C16H26ClNO. The predicted octanol–water partition coefficient (Wildman–Crippen LogP) is 3.72. The van der Waals surface area contributed by atoms with Crippen molar-refractivity contribution in [3.63, 3.8) is 0 Å². The molecular weight excluding hydrogens is 258 g/mol. The Morgan fingerprint density at radius 3 is 2.37 bits per heavy atom. The number of alkyl halides is 1. The van der Waals surface area contributed by atoms with Gasteiger partial charge in [0.25, 0.3) is 0 Å². The van der Waals surface area contributed by atoms with Crippen LogP contribution in [0, 0.1) is 0 Å². The van der Waals surface area contributed by atoms with E-state index < -0.39 is 0 Å². The summed E-state index contributed by atoms with van der Waals surface area (Å²) in [6, 6.07) is 8.86. The van der Waals surface area contributed by atoms with Crippen molar-refractivity contribution < 1.29 is 4.74 Å². The first-order valence-corrected chi connectivity index (χ1v) is 7.51. The second-order valence-corrected chi connectivity index (χ2v) is 6.16. The summed E-state index contributed by atoms with van der Waals surface area (Å²) in [6.07, 6.45) is 1.02. The average Bonchev–Trinajstić information content (AvgIpc) is 2.37. The lowest BCUT2D eigenvalue weighted by Gasteiger charge is -2.19. The Hall–Kier alpha value is -0.570. The number of hydrogen-bond donors (Lipinski definition) is 1. The molecule has 0 aliphatic carbocycles. The molecule has 19 heavy (non-hydrogen) atoms. The van der Waals surface area contributed by atoms with Gasteiger partial charge in [-0.15, -0.1) is 11.6 Å². The molecule has 1 aromatic rings. The Bertz CT molecular complexity index is 343. The van der Waals surface area contributed by atoms with Gasteiger partial charge in [0.15, 0.2) is 0 Å². The second kappa shape index (κ2) is 8.57. The van der Waals surface area contributed by atoms with Gasteiger partial charge in [0.05, 0.1) is 6.61 Å². The van der Waals surface area contributed by atoms with Crippen LogP contribution < -0.4 is 5.32 Å². The third kappa shape index (κ3) is 6.95. The first-order chi connectivity index (χ1) is 9.04. The van der Waals surface area contributed by atoms with E-state index in [-0.39, 0.29) is 5.41 Å². The summed E-state index contributed by atoms with van der Waals surface area (Å²) in [7, 11) is 0. The molecule has 0 unspecified atom stereocenters. The van der Waals surface area contributed by atoms with Crippen LogP contribution >= 0.6 is 11.6 Å². The molecule has 0 aromatic heterocycles. The number of hydrogen-bond acceptors (Lipinski definition) is 2. The summed E-state index contributed by atoms with van der Waals surface area (Å²) in [4.78, 5) is 0. The molecule has 108 valence electrons. The van der Waals surface area contributed by atoms with Crippen molar-refractivity contribution in [1.29, 1.82) is 0 Å². The van der Waals surface area contributed by atoms with Gasteiger partial charge in [-0.3, -0.25) is 0 Å². The van der Waals surface area contributed by atoms with Crippen molar-refractivity contribution in [2.75, 3.05) is 25.6 Å². The quantitative estimate of drug-likeness (QED) is 0.580. The molecule has 0 amide bonds. The molecule has 0 radical (unpaired) electrons. The topological polar surface area (TPSA) is 21.3 Å². The maximum atomic E-state index is 5.53. The molecule has 0 saturated heterocycles. The third-order valence-corrected chi connectivity index (χ3v) is 3.17. The van der Waals surface area contributed by atoms with E-state index in [9.17, 15) is 0 Å². The fourth-order valence-corrected chi connectivity index (χ4v) is 1.92. The minimum Gasteiger partial charge on any atom is -0.380 e. The van der Waals surface area contributed by atoms with Gasteiger partial charge >= 0.3 is 0 Å². The van der Waals surface area contributed by atoms with Gasteiger partial charge in [0.1, 0.15) is 0 Å². The normalized spacial score (nSPS) is 11.8. The predicted molar refractivity (Wildman–Crippen MR) is 83.0 cm³/mol. The molecule has 0 saturated carbocycles. The van der Waals surface area contributed by atoms with Gasteiger partial charge in [-0.1, -0.05) is 45.0 Å². The van der Waals surface area contributed by atoms with Crippen LogP contribution in [-0.4, -0.2) is 25.6 Å². The third-order valence-electron chi connectivity index (χ3n) is 3.01. The maximum absolute atomic E-state index is 5.53. The van der Waals surface area contributed by atoms with Crippen molar-refractivity contribution >= 4 is 11.6 Å². The molecule has 1 aromatic carbocycles. The Labute approximate surface area is 122 Å². The van der Waals surface area contributed by atoms with Crippen LogP contribution in [0.1, 0.15) is 38.3 Å². The zero-order valence-corrected chi connectivity index (χ0v) is 13.1. The molecule has 0 spiro atoms. The molecule has 1 N–H and O–H groups in total. The number of halogens is 1. The van der Waals surface area contributed by atoms with Crippen LogP contribution in [0.4, 0.5) is 0 Å². The highest BCUT2D eigenvalue weighted by Gasteiger charge is 2.12. The number of benzene rings is 1. The Kier molecular flexibility index (Phi) is 7.44. The van der Waals surface area contributed by atoms with Crippen molar-refractivity contribution in [2.24, 2.45) is 0 Å². The Balaban J connectivity index is 2.20. The molecule has 0 aliphatic heterocycles. The standard InChI is InChI=1S/C16H26ClNO/c1-16(2,3)15-7-5-14(6-8-15)13-18-10-4-11-19-12-9-17/h5-8,18H,4,9-13H2,1-3H3. The second-order valence-electron chi connectivity index (χ2n) is 5.78. The zero-order valence-electron chi connectivity index (χ0n) is 12.3. The molecule has 0 aliphatic rings. The zero-order chi connectivity index (χ0) is 14.1. The van der Waals surface area contributed by atoms with E-state index in [2.05, 4.69) is 50.4 Å². The average molecular weight is 284 g/mol. The van der Waals surface area contributed by atoms with E-state index in [1.807, 2.05) is 0 Å². The lowest BCUT2D eigenvalue weighted by molar-refractivity contribution is 0.146. The van der Waals surface area contributed by atoms with E-state index in [0.29, 0.717) is 12.5 Å². The van der Waals surface area contributed by atoms with Crippen molar-refractivity contribution in [2.45, 2.75) is 39.2 Å². The van der Waals surface area contributed by atoms with Gasteiger partial charge < -0.3 is 10.1 Å². The first kappa shape index (κ1) is 16.5. The van der Waals surface area contributed by atoms with Crippen molar-refractivity contribution in [3.8, 4) is 0 Å². The monoisotopic (exact) mass is 283 g/mol. The first-order valence-electron chi connectivity index (χ1n) is 6.98. The summed E-state index contributed by atoms with van der Waals surface area (Å²) in [5, 5.41) is 3.42.